The number of Topliss-reactive ketones (excluding diaryl/α,β-unsaturated/α-hetero) is 3. The van der Waals surface area contributed by atoms with Gasteiger partial charge >= 0.3 is 0 Å². The Balaban J connectivity index is 2.63. The molecule has 0 unspecified atom stereocenters. The van der Waals surface area contributed by atoms with Gasteiger partial charge in [-0.05, 0) is 20.8 Å². The lowest BCUT2D eigenvalue weighted by atomic mass is 9.63. The monoisotopic (exact) mass is 385 g/mol. The molecule has 1 amide bonds. The van der Waals surface area contributed by atoms with Gasteiger partial charge in [0, 0.05) is 0 Å². The molecule has 0 aromatic carbocycles. The number of nitrogens with two attached hydrogens (primary N) is 1. The maximum absolute atomic E-state index is 12.2. The van der Waals surface area contributed by atoms with E-state index in [1.165, 1.54) is 0 Å². The number of hydrogen-bond donors (Lipinski definition) is 5. The standard InChI is InChI=1S/C15H19N3O9/c1-6(19)13(23)4-26-12(27-11-9(10(16)22)17-5-18-11)14(24,7(2)20)15(13,25)8(3)21/h5,12,23-25H,4H2,1-3H3,(H2,16,22)(H,17,18)/t12-,13-,14+,15-/m0/s1. The van der Waals surface area contributed by atoms with Crippen LogP contribution in [-0.2, 0) is 19.1 Å². The summed E-state index contributed by atoms with van der Waals surface area (Å²) in [5.74, 6) is -5.15. The molecular weight excluding hydrogens is 366 g/mol. The first-order valence-electron chi connectivity index (χ1n) is 7.65. The molecule has 1 aliphatic heterocycles. The number of primary amides is 1. The van der Waals surface area contributed by atoms with Gasteiger partial charge in [0.25, 0.3) is 5.91 Å². The molecule has 12 heteroatoms. The summed E-state index contributed by atoms with van der Waals surface area (Å²) in [6, 6.07) is 0. The molecule has 1 saturated heterocycles. The van der Waals surface area contributed by atoms with Crippen LogP contribution in [0.2, 0.25) is 0 Å². The van der Waals surface area contributed by atoms with Gasteiger partial charge in [-0.2, -0.15) is 0 Å². The summed E-state index contributed by atoms with van der Waals surface area (Å²) < 4.78 is 10.3. The molecule has 1 fully saturated rings. The van der Waals surface area contributed by atoms with Crippen LogP contribution in [0.25, 0.3) is 0 Å². The lowest BCUT2D eigenvalue weighted by Crippen LogP contribution is -2.84. The van der Waals surface area contributed by atoms with E-state index in [0.717, 1.165) is 27.1 Å². The summed E-state index contributed by atoms with van der Waals surface area (Å²) in [5, 5.41) is 32.5. The molecular formula is C15H19N3O9. The number of carbonyl (C=O) groups is 4. The van der Waals surface area contributed by atoms with Crippen molar-refractivity contribution in [3.8, 4) is 5.88 Å². The molecule has 2 rings (SSSR count). The van der Waals surface area contributed by atoms with Gasteiger partial charge in [-0.1, -0.05) is 0 Å². The number of rotatable bonds is 6. The average Bonchev–Trinajstić information content (AvgIpc) is 3.03. The van der Waals surface area contributed by atoms with E-state index in [0.29, 0.717) is 0 Å². The number of amides is 1. The van der Waals surface area contributed by atoms with Crippen LogP contribution in [0.4, 0.5) is 0 Å². The number of aliphatic hydroxyl groups is 3. The Morgan fingerprint density at radius 1 is 1.19 bits per heavy atom. The predicted molar refractivity (Wildman–Crippen MR) is 84.4 cm³/mol. The van der Waals surface area contributed by atoms with Gasteiger partial charge in [-0.15, -0.1) is 0 Å². The van der Waals surface area contributed by atoms with E-state index in [4.69, 9.17) is 15.2 Å². The second-order valence-electron chi connectivity index (χ2n) is 6.21. The number of nitrogens with zero attached hydrogens (tertiary/aromatic N) is 1. The molecule has 27 heavy (non-hydrogen) atoms. The fourth-order valence-corrected chi connectivity index (χ4v) is 3.01. The Morgan fingerprint density at radius 3 is 2.22 bits per heavy atom. The molecule has 2 heterocycles. The van der Waals surface area contributed by atoms with E-state index in [1.807, 2.05) is 0 Å². The minimum atomic E-state index is -3.30. The van der Waals surface area contributed by atoms with Gasteiger partial charge in [0.15, 0.2) is 28.6 Å². The summed E-state index contributed by atoms with van der Waals surface area (Å²) in [4.78, 5) is 53.7. The minimum absolute atomic E-state index is 0.344. The number of ketones is 3. The van der Waals surface area contributed by atoms with Crippen LogP contribution in [-0.4, -0.2) is 78.2 Å². The molecule has 6 N–H and O–H groups in total. The van der Waals surface area contributed by atoms with Crippen LogP contribution in [0.3, 0.4) is 0 Å². The molecule has 4 atom stereocenters. The smallest absolute Gasteiger partial charge is 0.270 e. The first-order chi connectivity index (χ1) is 12.3. The van der Waals surface area contributed by atoms with E-state index in [-0.39, 0.29) is 5.69 Å². The van der Waals surface area contributed by atoms with E-state index in [1.54, 1.807) is 0 Å². The summed E-state index contributed by atoms with van der Waals surface area (Å²) >= 11 is 0. The number of aromatic nitrogens is 2. The van der Waals surface area contributed by atoms with E-state index in [9.17, 15) is 34.5 Å². The van der Waals surface area contributed by atoms with Gasteiger partial charge < -0.3 is 35.5 Å². The molecule has 0 spiro atoms. The van der Waals surface area contributed by atoms with Crippen molar-refractivity contribution in [2.75, 3.05) is 6.61 Å². The third kappa shape index (κ3) is 2.65. The Morgan fingerprint density at radius 2 is 1.78 bits per heavy atom. The molecule has 1 aromatic rings. The maximum atomic E-state index is 12.2. The molecule has 1 aliphatic rings. The van der Waals surface area contributed by atoms with Gasteiger partial charge in [-0.25, -0.2) is 4.98 Å². The highest BCUT2D eigenvalue weighted by atomic mass is 16.7. The van der Waals surface area contributed by atoms with E-state index in [2.05, 4.69) is 9.97 Å². The number of carbonyl (C=O) groups excluding carboxylic acids is 4. The van der Waals surface area contributed by atoms with Crippen LogP contribution in [0.15, 0.2) is 6.33 Å². The maximum Gasteiger partial charge on any atom is 0.270 e. The molecule has 1 aromatic heterocycles. The van der Waals surface area contributed by atoms with Crippen LogP contribution in [0.5, 0.6) is 5.88 Å². The molecule has 148 valence electrons. The molecule has 0 radical (unpaired) electrons. The zero-order valence-electron chi connectivity index (χ0n) is 14.7. The number of imidazole rings is 1. The lowest BCUT2D eigenvalue weighted by Gasteiger charge is -2.53. The normalized spacial score (nSPS) is 33.3. The first kappa shape index (κ1) is 20.6. The predicted octanol–water partition coefficient (Wildman–Crippen LogP) is -2.80. The summed E-state index contributed by atoms with van der Waals surface area (Å²) in [5.41, 5.74) is -4.67. The zero-order chi connectivity index (χ0) is 20.8. The second-order valence-corrected chi connectivity index (χ2v) is 6.21. The highest BCUT2D eigenvalue weighted by molar-refractivity contribution is 6.05. The molecule has 0 bridgehead atoms. The van der Waals surface area contributed by atoms with Gasteiger partial charge in [0.05, 0.1) is 12.9 Å². The van der Waals surface area contributed by atoms with Crippen LogP contribution in [0, 0.1) is 0 Å². The third-order valence-electron chi connectivity index (χ3n) is 4.63. The fourth-order valence-electron chi connectivity index (χ4n) is 3.01. The fraction of sp³-hybridized carbons (Fsp3) is 0.533. The highest BCUT2D eigenvalue weighted by Crippen LogP contribution is 2.44. The number of ether oxygens (including phenoxy) is 2. The third-order valence-corrected chi connectivity index (χ3v) is 4.63. The summed E-state index contributed by atoms with van der Waals surface area (Å²) in [6.07, 6.45) is -1.08. The Hall–Kier alpha value is -2.67. The summed E-state index contributed by atoms with van der Waals surface area (Å²) in [7, 11) is 0. The van der Waals surface area contributed by atoms with Crippen molar-refractivity contribution in [1.82, 2.24) is 9.97 Å². The van der Waals surface area contributed by atoms with Crippen molar-refractivity contribution in [2.24, 2.45) is 5.73 Å². The van der Waals surface area contributed by atoms with Crippen molar-refractivity contribution in [3.05, 3.63) is 12.0 Å². The first-order valence-corrected chi connectivity index (χ1v) is 7.65. The minimum Gasteiger partial charge on any atom is -0.442 e. The molecule has 0 saturated carbocycles. The SMILES string of the molecule is CC(=O)[C@@]1(O)[C@@](O)(C(C)=O)[C@H](Oc2nc[nH]c2C(N)=O)OC[C@]1(O)C(C)=O. The highest BCUT2D eigenvalue weighted by Gasteiger charge is 2.76. The zero-order valence-corrected chi connectivity index (χ0v) is 14.7. The van der Waals surface area contributed by atoms with Crippen molar-refractivity contribution in [3.63, 3.8) is 0 Å². The van der Waals surface area contributed by atoms with Crippen LogP contribution in [0.1, 0.15) is 31.3 Å². The van der Waals surface area contributed by atoms with Crippen molar-refractivity contribution < 1.29 is 44.0 Å². The Labute approximate surface area is 152 Å². The number of aromatic amines is 1. The number of nitrogens with one attached hydrogen (secondary N) is 1. The Kier molecular flexibility index (Phi) is 4.96. The number of H-pyrrole nitrogens is 1. The molecule has 0 aliphatic carbocycles. The van der Waals surface area contributed by atoms with Crippen molar-refractivity contribution in [1.29, 1.82) is 0 Å². The summed E-state index contributed by atoms with van der Waals surface area (Å²) in [6.45, 7) is 1.42. The van der Waals surface area contributed by atoms with E-state index < -0.39 is 58.8 Å². The molecule has 12 nitrogen and oxygen atoms in total. The number of hydrogen-bond acceptors (Lipinski definition) is 10. The van der Waals surface area contributed by atoms with Crippen molar-refractivity contribution in [2.45, 2.75) is 43.9 Å². The Bertz CT molecular complexity index is 821. The second kappa shape index (κ2) is 6.49. The van der Waals surface area contributed by atoms with E-state index >= 15 is 0 Å². The van der Waals surface area contributed by atoms with Gasteiger partial charge in [0.1, 0.15) is 0 Å². The topological polar surface area (TPSA) is 202 Å². The quantitative estimate of drug-likeness (QED) is 0.340. The van der Waals surface area contributed by atoms with Gasteiger partial charge in [0.2, 0.25) is 23.4 Å². The largest absolute Gasteiger partial charge is 0.442 e. The van der Waals surface area contributed by atoms with Crippen molar-refractivity contribution >= 4 is 23.3 Å². The average molecular weight is 385 g/mol. The van der Waals surface area contributed by atoms with Crippen LogP contribution < -0.4 is 10.5 Å². The van der Waals surface area contributed by atoms with Crippen LogP contribution >= 0.6 is 0 Å². The lowest BCUT2D eigenvalue weighted by molar-refractivity contribution is -0.328. The van der Waals surface area contributed by atoms with Gasteiger partial charge in [-0.3, -0.25) is 19.2 Å².